The van der Waals surface area contributed by atoms with E-state index in [4.69, 9.17) is 4.74 Å². The summed E-state index contributed by atoms with van der Waals surface area (Å²) in [6.45, 7) is 8.53. The molecule has 1 rings (SSSR count). The molecule has 0 aromatic heterocycles. The second-order valence-corrected chi connectivity index (χ2v) is 6.63. The molecule has 122 valence electrons. The van der Waals surface area contributed by atoms with Crippen LogP contribution in [0.3, 0.4) is 0 Å². The minimum atomic E-state index is -1.52. The summed E-state index contributed by atoms with van der Waals surface area (Å²) in [6, 6.07) is 9.59. The van der Waals surface area contributed by atoms with E-state index < -0.39 is 17.0 Å². The van der Waals surface area contributed by atoms with Gasteiger partial charge in [-0.1, -0.05) is 24.3 Å². The van der Waals surface area contributed by atoms with E-state index in [1.165, 1.54) is 19.1 Å². The molecule has 0 amide bonds. The van der Waals surface area contributed by atoms with Crippen LogP contribution in [0.1, 0.15) is 38.8 Å². The van der Waals surface area contributed by atoms with E-state index in [0.29, 0.717) is 0 Å². The molecule has 0 fully saturated rings. The first kappa shape index (κ1) is 18.6. The Balaban J connectivity index is 3.30. The summed E-state index contributed by atoms with van der Waals surface area (Å²) < 4.78 is 5.41. The van der Waals surface area contributed by atoms with Gasteiger partial charge in [0.25, 0.3) is 0 Å². The maximum Gasteiger partial charge on any atom is 0.331 e. The maximum atomic E-state index is 12.6. The van der Waals surface area contributed by atoms with Crippen molar-refractivity contribution in [3.05, 3.63) is 47.5 Å². The van der Waals surface area contributed by atoms with Crippen molar-refractivity contribution in [3.63, 3.8) is 0 Å². The molecule has 0 unspecified atom stereocenters. The number of esters is 1. The second-order valence-electron chi connectivity index (χ2n) is 6.63. The van der Waals surface area contributed by atoms with Crippen LogP contribution in [0.2, 0.25) is 0 Å². The highest BCUT2D eigenvalue weighted by molar-refractivity contribution is 5.90. The first-order chi connectivity index (χ1) is 10.6. The number of nitrogens with zero attached hydrogens (tertiary/aromatic N) is 1. The molecule has 23 heavy (non-hydrogen) atoms. The van der Waals surface area contributed by atoms with Gasteiger partial charge in [-0.3, -0.25) is 4.79 Å². The van der Waals surface area contributed by atoms with Crippen LogP contribution in [0.5, 0.6) is 0 Å². The fourth-order valence-electron chi connectivity index (χ4n) is 2.06. The second kappa shape index (κ2) is 7.23. The molecular weight excluding hydrogens is 290 g/mol. The number of hydrogen-bond donors (Lipinski definition) is 0. The lowest BCUT2D eigenvalue weighted by Crippen LogP contribution is -2.37. The van der Waals surface area contributed by atoms with E-state index in [-0.39, 0.29) is 12.2 Å². The van der Waals surface area contributed by atoms with Crippen LogP contribution in [0.15, 0.2) is 36.4 Å². The number of nitriles is 1. The van der Waals surface area contributed by atoms with Crippen LogP contribution < -0.4 is 0 Å². The summed E-state index contributed by atoms with van der Waals surface area (Å²) >= 11 is 0. The molecule has 0 aliphatic rings. The Morgan fingerprint density at radius 3 is 2.35 bits per heavy atom. The van der Waals surface area contributed by atoms with Gasteiger partial charge >= 0.3 is 5.97 Å². The zero-order chi connectivity index (χ0) is 17.7. The average Bonchev–Trinajstić information content (AvgIpc) is 2.43. The van der Waals surface area contributed by atoms with Crippen molar-refractivity contribution in [2.45, 2.75) is 46.6 Å². The highest BCUT2D eigenvalue weighted by atomic mass is 16.6. The van der Waals surface area contributed by atoms with Crippen LogP contribution in [-0.4, -0.2) is 17.4 Å². The van der Waals surface area contributed by atoms with Gasteiger partial charge in [0, 0.05) is 6.42 Å². The smallest absolute Gasteiger partial charge is 0.331 e. The number of ether oxygens (including phenoxy) is 1. The van der Waals surface area contributed by atoms with Crippen molar-refractivity contribution in [1.82, 2.24) is 0 Å². The molecule has 4 nitrogen and oxygen atoms in total. The van der Waals surface area contributed by atoms with Crippen LogP contribution in [0.25, 0.3) is 0 Å². The average molecular weight is 313 g/mol. The van der Waals surface area contributed by atoms with Gasteiger partial charge in [-0.05, 0) is 57.9 Å². The van der Waals surface area contributed by atoms with Gasteiger partial charge in [-0.2, -0.15) is 5.26 Å². The summed E-state index contributed by atoms with van der Waals surface area (Å²) in [4.78, 5) is 23.9. The molecule has 0 radical (unpaired) electrons. The molecule has 1 atom stereocenters. The lowest BCUT2D eigenvalue weighted by Gasteiger charge is -2.27. The number of hydrogen-bond acceptors (Lipinski definition) is 4. The van der Waals surface area contributed by atoms with Gasteiger partial charge in [-0.15, -0.1) is 0 Å². The molecule has 0 aliphatic carbocycles. The van der Waals surface area contributed by atoms with Crippen LogP contribution >= 0.6 is 0 Å². The fraction of sp³-hybridized carbons (Fsp3) is 0.421. The highest BCUT2D eigenvalue weighted by Crippen LogP contribution is 2.29. The van der Waals surface area contributed by atoms with E-state index in [1.807, 2.05) is 31.2 Å². The number of rotatable bonds is 5. The first-order valence-corrected chi connectivity index (χ1v) is 7.49. The summed E-state index contributed by atoms with van der Waals surface area (Å²) in [5.41, 5.74) is -0.389. The number of aryl methyl sites for hydroxylation is 1. The normalized spacial score (nSPS) is 14.1. The number of benzene rings is 1. The largest absolute Gasteiger partial charge is 0.459 e. The van der Waals surface area contributed by atoms with Crippen LogP contribution in [-0.2, 0) is 20.7 Å². The predicted molar refractivity (Wildman–Crippen MR) is 88.6 cm³/mol. The quantitative estimate of drug-likeness (QED) is 0.616. The lowest BCUT2D eigenvalue weighted by atomic mass is 9.81. The third-order valence-corrected chi connectivity index (χ3v) is 3.30. The lowest BCUT2D eigenvalue weighted by molar-refractivity contribution is -0.161. The molecule has 0 spiro atoms. The van der Waals surface area contributed by atoms with Gasteiger partial charge < -0.3 is 4.74 Å². The standard InChI is InChI=1S/C19H23NO3/c1-14-8-6-7-9-16(14)12-19(13-20,11-10-15(2)21)17(22)23-18(3,4)5/h6-11H,12H2,1-5H3/b11-10+/t19-/m1/s1. The maximum absolute atomic E-state index is 12.6. The van der Waals surface area contributed by atoms with Crippen LogP contribution in [0, 0.1) is 23.7 Å². The molecule has 0 saturated carbocycles. The topological polar surface area (TPSA) is 67.2 Å². The number of ketones is 1. The zero-order valence-corrected chi connectivity index (χ0v) is 14.3. The molecule has 0 N–H and O–H groups in total. The monoisotopic (exact) mass is 313 g/mol. The summed E-state index contributed by atoms with van der Waals surface area (Å²) in [5.74, 6) is -0.869. The number of allylic oxidation sites excluding steroid dienone is 1. The van der Waals surface area contributed by atoms with E-state index >= 15 is 0 Å². The Morgan fingerprint density at radius 2 is 1.87 bits per heavy atom. The van der Waals surface area contributed by atoms with Crippen molar-refractivity contribution in [2.75, 3.05) is 0 Å². The van der Waals surface area contributed by atoms with Gasteiger partial charge in [0.05, 0.1) is 6.07 Å². The third kappa shape index (κ3) is 5.37. The van der Waals surface area contributed by atoms with Gasteiger partial charge in [0.2, 0.25) is 0 Å². The minimum absolute atomic E-state index is 0.162. The van der Waals surface area contributed by atoms with E-state index in [0.717, 1.165) is 11.1 Å². The molecule has 1 aromatic carbocycles. The predicted octanol–water partition coefficient (Wildman–Crippen LogP) is 3.53. The number of carbonyl (C=O) groups is 2. The zero-order valence-electron chi connectivity index (χ0n) is 14.3. The van der Waals surface area contributed by atoms with Crippen molar-refractivity contribution in [2.24, 2.45) is 5.41 Å². The Labute approximate surface area is 137 Å². The van der Waals surface area contributed by atoms with Crippen molar-refractivity contribution < 1.29 is 14.3 Å². The fourth-order valence-corrected chi connectivity index (χ4v) is 2.06. The van der Waals surface area contributed by atoms with Gasteiger partial charge in [0.15, 0.2) is 11.2 Å². The third-order valence-electron chi connectivity index (χ3n) is 3.30. The minimum Gasteiger partial charge on any atom is -0.459 e. The molecule has 4 heteroatoms. The molecule has 1 aromatic rings. The van der Waals surface area contributed by atoms with Gasteiger partial charge in [-0.25, -0.2) is 4.79 Å². The Hall–Kier alpha value is -2.41. The molecule has 0 heterocycles. The van der Waals surface area contributed by atoms with E-state index in [1.54, 1.807) is 20.8 Å². The summed E-state index contributed by atoms with van der Waals surface area (Å²) in [5, 5.41) is 9.70. The van der Waals surface area contributed by atoms with E-state index in [2.05, 4.69) is 6.07 Å². The Bertz CT molecular complexity index is 662. The van der Waals surface area contributed by atoms with Crippen molar-refractivity contribution in [1.29, 1.82) is 5.26 Å². The van der Waals surface area contributed by atoms with Crippen molar-refractivity contribution in [3.8, 4) is 6.07 Å². The number of carbonyl (C=O) groups excluding carboxylic acids is 2. The van der Waals surface area contributed by atoms with Gasteiger partial charge in [0.1, 0.15) is 5.60 Å². The molecule has 0 aliphatic heterocycles. The van der Waals surface area contributed by atoms with E-state index in [9.17, 15) is 14.9 Å². The SMILES string of the molecule is CC(=O)/C=C/[C@](C#N)(Cc1ccccc1C)C(=O)OC(C)(C)C. The first-order valence-electron chi connectivity index (χ1n) is 7.49. The summed E-state index contributed by atoms with van der Waals surface area (Å²) in [6.07, 6.45) is 2.77. The van der Waals surface area contributed by atoms with Crippen LogP contribution in [0.4, 0.5) is 0 Å². The Kier molecular flexibility index (Phi) is 5.86. The van der Waals surface area contributed by atoms with Crippen molar-refractivity contribution >= 4 is 11.8 Å². The molecular formula is C19H23NO3. The molecule has 0 saturated heterocycles. The molecule has 0 bridgehead atoms. The Morgan fingerprint density at radius 1 is 1.26 bits per heavy atom. The summed E-state index contributed by atoms with van der Waals surface area (Å²) in [7, 11) is 0. The highest BCUT2D eigenvalue weighted by Gasteiger charge is 2.40.